The maximum absolute atomic E-state index is 11.7. The highest BCUT2D eigenvalue weighted by atomic mass is 79.9. The summed E-state index contributed by atoms with van der Waals surface area (Å²) in [4.78, 5) is 22.3. The zero-order chi connectivity index (χ0) is 14.7. The second-order valence-electron chi connectivity index (χ2n) is 4.54. The van der Waals surface area contributed by atoms with E-state index in [0.717, 1.165) is 0 Å². The van der Waals surface area contributed by atoms with E-state index in [1.54, 1.807) is 6.07 Å². The van der Waals surface area contributed by atoms with Crippen molar-refractivity contribution in [3.8, 4) is 5.75 Å². The van der Waals surface area contributed by atoms with Crippen molar-refractivity contribution in [3.63, 3.8) is 0 Å². The van der Waals surface area contributed by atoms with E-state index >= 15 is 0 Å². The van der Waals surface area contributed by atoms with Crippen molar-refractivity contribution < 1.29 is 19.2 Å². The van der Waals surface area contributed by atoms with Gasteiger partial charge in [0.15, 0.2) is 5.78 Å². The molecule has 0 bridgehead atoms. The maximum atomic E-state index is 11.7. The molecule has 0 saturated carbocycles. The fourth-order valence-electron chi connectivity index (χ4n) is 2.06. The lowest BCUT2D eigenvalue weighted by molar-refractivity contribution is -0.386. The van der Waals surface area contributed by atoms with Crippen molar-refractivity contribution >= 4 is 27.4 Å². The number of hydrogen-bond acceptors (Lipinski definition) is 5. The monoisotopic (exact) mass is 343 g/mol. The number of halogens is 1. The summed E-state index contributed by atoms with van der Waals surface area (Å²) in [5.41, 5.74) is 0.0219. The summed E-state index contributed by atoms with van der Waals surface area (Å²) in [6, 6.07) is 2.89. The van der Waals surface area contributed by atoms with Gasteiger partial charge in [-0.05, 0) is 13.0 Å². The van der Waals surface area contributed by atoms with Crippen LogP contribution >= 0.6 is 15.9 Å². The van der Waals surface area contributed by atoms with Crippen molar-refractivity contribution in [2.75, 3.05) is 13.2 Å². The molecule has 1 aromatic carbocycles. The van der Waals surface area contributed by atoms with Gasteiger partial charge in [-0.1, -0.05) is 15.9 Å². The van der Waals surface area contributed by atoms with Gasteiger partial charge in [0, 0.05) is 23.4 Å². The second-order valence-corrected chi connectivity index (χ2v) is 5.46. The maximum Gasteiger partial charge on any atom is 0.312 e. The van der Waals surface area contributed by atoms with Crippen LogP contribution in [0.15, 0.2) is 16.6 Å². The van der Waals surface area contributed by atoms with Crippen molar-refractivity contribution in [3.05, 3.63) is 32.3 Å². The number of rotatable bonds is 4. The Labute approximate surface area is 124 Å². The van der Waals surface area contributed by atoms with Crippen LogP contribution in [-0.4, -0.2) is 30.0 Å². The van der Waals surface area contributed by atoms with E-state index in [2.05, 4.69) is 15.9 Å². The molecule has 0 atom stereocenters. The van der Waals surface area contributed by atoms with Crippen LogP contribution in [0.5, 0.6) is 5.75 Å². The quantitative estimate of drug-likeness (QED) is 0.476. The van der Waals surface area contributed by atoms with E-state index in [0.29, 0.717) is 30.5 Å². The Kier molecular flexibility index (Phi) is 4.72. The van der Waals surface area contributed by atoms with E-state index in [9.17, 15) is 14.9 Å². The molecule has 1 heterocycles. The minimum Gasteiger partial charge on any atom is -0.483 e. The molecule has 0 radical (unpaired) electrons. The minimum absolute atomic E-state index is 0.0533. The summed E-state index contributed by atoms with van der Waals surface area (Å²) in [6.07, 6.45) is 1.15. The van der Waals surface area contributed by atoms with Crippen molar-refractivity contribution in [2.45, 2.75) is 25.9 Å². The largest absolute Gasteiger partial charge is 0.483 e. The van der Waals surface area contributed by atoms with Gasteiger partial charge in [-0.3, -0.25) is 14.9 Å². The number of carbonyl (C=O) groups is 1. The Morgan fingerprint density at radius 1 is 1.45 bits per heavy atom. The lowest BCUT2D eigenvalue weighted by atomic mass is 10.1. The Bertz CT molecular complexity index is 505. The predicted molar refractivity (Wildman–Crippen MR) is 75.3 cm³/mol. The zero-order valence-corrected chi connectivity index (χ0v) is 12.5. The number of nitro benzene ring substituents is 1. The molecule has 0 aliphatic carbocycles. The van der Waals surface area contributed by atoms with Gasteiger partial charge in [-0.2, -0.15) is 0 Å². The van der Waals surface area contributed by atoms with E-state index < -0.39 is 4.92 Å². The summed E-state index contributed by atoms with van der Waals surface area (Å²) in [5, 5.41) is 11.2. The fourth-order valence-corrected chi connectivity index (χ4v) is 2.51. The van der Waals surface area contributed by atoms with Gasteiger partial charge in [-0.15, -0.1) is 0 Å². The second kappa shape index (κ2) is 6.32. The van der Waals surface area contributed by atoms with Gasteiger partial charge < -0.3 is 9.47 Å². The Morgan fingerprint density at radius 3 is 2.65 bits per heavy atom. The molecule has 6 nitrogen and oxygen atoms in total. The third-order valence-corrected chi connectivity index (χ3v) is 3.52. The summed E-state index contributed by atoms with van der Waals surface area (Å²) in [7, 11) is 0. The van der Waals surface area contributed by atoms with Crippen LogP contribution in [0.1, 0.15) is 30.1 Å². The highest BCUT2D eigenvalue weighted by molar-refractivity contribution is 9.10. The summed E-state index contributed by atoms with van der Waals surface area (Å²) >= 11 is 3.18. The summed E-state index contributed by atoms with van der Waals surface area (Å²) in [6.45, 7) is 2.48. The number of Topliss-reactive ketones (excluding diaryl/α,β-unsaturated/α-hetero) is 1. The van der Waals surface area contributed by atoms with Crippen LogP contribution < -0.4 is 4.74 Å². The third-order valence-electron chi connectivity index (χ3n) is 3.06. The molecule has 2 rings (SSSR count). The van der Waals surface area contributed by atoms with Gasteiger partial charge in [0.2, 0.25) is 5.75 Å². The molecule has 0 spiro atoms. The first-order chi connectivity index (χ1) is 9.49. The predicted octanol–water partition coefficient (Wildman–Crippen LogP) is 3.12. The molecular formula is C13H14BrNO5. The first-order valence-electron chi connectivity index (χ1n) is 6.22. The van der Waals surface area contributed by atoms with Gasteiger partial charge >= 0.3 is 5.69 Å². The Balaban J connectivity index is 2.41. The first kappa shape index (κ1) is 14.9. The Morgan fingerprint density at radius 2 is 2.10 bits per heavy atom. The molecule has 20 heavy (non-hydrogen) atoms. The van der Waals surface area contributed by atoms with Gasteiger partial charge in [0.25, 0.3) is 0 Å². The average Bonchev–Trinajstić information content (AvgIpc) is 2.41. The third kappa shape index (κ3) is 3.34. The van der Waals surface area contributed by atoms with Crippen LogP contribution in [0.4, 0.5) is 5.69 Å². The molecular weight excluding hydrogens is 330 g/mol. The standard InChI is InChI=1S/C13H14BrNO5/c1-8(16)11-6-9(14)7-12(15(17)18)13(11)20-10-2-4-19-5-3-10/h6-7,10H,2-5H2,1H3. The lowest BCUT2D eigenvalue weighted by Gasteiger charge is -2.24. The highest BCUT2D eigenvalue weighted by Gasteiger charge is 2.26. The number of ether oxygens (including phenoxy) is 2. The molecule has 0 unspecified atom stereocenters. The Hall–Kier alpha value is -1.47. The lowest BCUT2D eigenvalue weighted by Crippen LogP contribution is -2.26. The number of benzene rings is 1. The molecule has 108 valence electrons. The van der Waals surface area contributed by atoms with E-state index in [-0.39, 0.29) is 28.9 Å². The normalized spacial score (nSPS) is 15.9. The number of nitrogens with zero attached hydrogens (tertiary/aromatic N) is 1. The van der Waals surface area contributed by atoms with Crippen LogP contribution in [0, 0.1) is 10.1 Å². The number of ketones is 1. The SMILES string of the molecule is CC(=O)c1cc(Br)cc([N+](=O)[O-])c1OC1CCOCC1. The molecule has 1 aromatic rings. The van der Waals surface area contributed by atoms with Gasteiger partial charge in [-0.25, -0.2) is 0 Å². The van der Waals surface area contributed by atoms with Crippen molar-refractivity contribution in [2.24, 2.45) is 0 Å². The molecule has 0 amide bonds. The molecule has 7 heteroatoms. The van der Waals surface area contributed by atoms with E-state index in [1.807, 2.05) is 0 Å². The summed E-state index contributed by atoms with van der Waals surface area (Å²) in [5.74, 6) is -0.214. The molecule has 0 N–H and O–H groups in total. The van der Waals surface area contributed by atoms with Crippen LogP contribution in [0.2, 0.25) is 0 Å². The molecule has 0 aromatic heterocycles. The number of nitro groups is 1. The van der Waals surface area contributed by atoms with Crippen molar-refractivity contribution in [1.82, 2.24) is 0 Å². The van der Waals surface area contributed by atoms with Crippen molar-refractivity contribution in [1.29, 1.82) is 0 Å². The van der Waals surface area contributed by atoms with Crippen LogP contribution in [-0.2, 0) is 4.74 Å². The van der Waals surface area contributed by atoms with E-state index in [4.69, 9.17) is 9.47 Å². The van der Waals surface area contributed by atoms with Gasteiger partial charge in [0.1, 0.15) is 6.10 Å². The van der Waals surface area contributed by atoms with Crippen LogP contribution in [0.25, 0.3) is 0 Å². The zero-order valence-electron chi connectivity index (χ0n) is 10.9. The molecule has 1 fully saturated rings. The molecule has 1 saturated heterocycles. The van der Waals surface area contributed by atoms with E-state index in [1.165, 1.54) is 13.0 Å². The first-order valence-corrected chi connectivity index (χ1v) is 7.01. The molecule has 1 aliphatic heterocycles. The topological polar surface area (TPSA) is 78.7 Å². The molecule has 1 aliphatic rings. The summed E-state index contributed by atoms with van der Waals surface area (Å²) < 4.78 is 11.4. The highest BCUT2D eigenvalue weighted by Crippen LogP contribution is 2.36. The average molecular weight is 344 g/mol. The minimum atomic E-state index is -0.536. The van der Waals surface area contributed by atoms with Crippen LogP contribution in [0.3, 0.4) is 0 Å². The number of carbonyl (C=O) groups excluding carboxylic acids is 1. The smallest absolute Gasteiger partial charge is 0.312 e. The fraction of sp³-hybridized carbons (Fsp3) is 0.462. The van der Waals surface area contributed by atoms with Gasteiger partial charge in [0.05, 0.1) is 23.7 Å². The number of hydrogen-bond donors (Lipinski definition) is 0.